The lowest BCUT2D eigenvalue weighted by molar-refractivity contribution is -0.115. The normalized spacial score (nSPS) is 10.9. The van der Waals surface area contributed by atoms with Gasteiger partial charge in [0.15, 0.2) is 0 Å². The summed E-state index contributed by atoms with van der Waals surface area (Å²) in [4.78, 5) is 24.0. The van der Waals surface area contributed by atoms with Crippen molar-refractivity contribution >= 4 is 22.6 Å². The number of nitrogens with zero attached hydrogens (tertiary/aromatic N) is 2. The molecule has 118 valence electrons. The predicted octanol–water partition coefficient (Wildman–Crippen LogP) is 2.20. The Morgan fingerprint density at radius 1 is 1.09 bits per heavy atom. The molecular formula is C17H16FN3O2. The Morgan fingerprint density at radius 3 is 2.57 bits per heavy atom. The molecule has 0 saturated carbocycles. The van der Waals surface area contributed by atoms with E-state index in [4.69, 9.17) is 0 Å². The Hall–Kier alpha value is -2.89. The summed E-state index contributed by atoms with van der Waals surface area (Å²) in [5, 5.41) is 2.66. The fourth-order valence-electron chi connectivity index (χ4n) is 2.62. The van der Waals surface area contributed by atoms with Gasteiger partial charge < -0.3 is 5.32 Å². The number of aryl methyl sites for hydroxylation is 2. The second-order valence-corrected chi connectivity index (χ2v) is 5.46. The first kappa shape index (κ1) is 15.0. The third-order valence-electron chi connectivity index (χ3n) is 3.81. The molecule has 0 radical (unpaired) electrons. The second kappa shape index (κ2) is 5.72. The first-order chi connectivity index (χ1) is 11.0. The molecule has 23 heavy (non-hydrogen) atoms. The van der Waals surface area contributed by atoms with Crippen molar-refractivity contribution in [2.75, 3.05) is 5.32 Å². The maximum Gasteiger partial charge on any atom is 0.328 e. The number of hydrogen-bond donors (Lipinski definition) is 1. The van der Waals surface area contributed by atoms with Crippen LogP contribution in [0.15, 0.2) is 47.3 Å². The number of benzene rings is 2. The van der Waals surface area contributed by atoms with Gasteiger partial charge in [0.1, 0.15) is 5.82 Å². The summed E-state index contributed by atoms with van der Waals surface area (Å²) in [5.74, 6) is -0.639. The largest absolute Gasteiger partial charge is 0.328 e. The number of amides is 1. The third kappa shape index (κ3) is 2.88. The molecule has 3 rings (SSSR count). The standard InChI is InChI=1S/C17H16FN3O2/c1-20-14-7-6-11(8-15(14)21(2)17(20)23)9-16(22)19-13-5-3-4-12(18)10-13/h3-8,10H,9H2,1-2H3,(H,19,22). The summed E-state index contributed by atoms with van der Waals surface area (Å²) in [6.07, 6.45) is 0.148. The molecule has 0 aliphatic heterocycles. The van der Waals surface area contributed by atoms with Gasteiger partial charge >= 0.3 is 5.69 Å². The number of rotatable bonds is 3. The molecule has 0 aliphatic carbocycles. The predicted molar refractivity (Wildman–Crippen MR) is 86.9 cm³/mol. The van der Waals surface area contributed by atoms with Crippen molar-refractivity contribution in [1.29, 1.82) is 0 Å². The average Bonchev–Trinajstić information content (AvgIpc) is 2.72. The van der Waals surface area contributed by atoms with E-state index in [-0.39, 0.29) is 18.0 Å². The summed E-state index contributed by atoms with van der Waals surface area (Å²) in [6.45, 7) is 0. The molecule has 0 saturated heterocycles. The van der Waals surface area contributed by atoms with Crippen LogP contribution < -0.4 is 11.0 Å². The van der Waals surface area contributed by atoms with E-state index in [0.717, 1.165) is 16.6 Å². The zero-order chi connectivity index (χ0) is 16.6. The van der Waals surface area contributed by atoms with E-state index in [1.165, 1.54) is 18.2 Å². The van der Waals surface area contributed by atoms with Crippen LogP contribution in [-0.2, 0) is 25.3 Å². The highest BCUT2D eigenvalue weighted by Gasteiger charge is 2.10. The summed E-state index contributed by atoms with van der Waals surface area (Å²) in [7, 11) is 3.41. The van der Waals surface area contributed by atoms with Gasteiger partial charge in [-0.25, -0.2) is 9.18 Å². The van der Waals surface area contributed by atoms with Crippen molar-refractivity contribution in [3.63, 3.8) is 0 Å². The number of nitrogens with one attached hydrogen (secondary N) is 1. The van der Waals surface area contributed by atoms with Gasteiger partial charge in [0, 0.05) is 19.8 Å². The van der Waals surface area contributed by atoms with Gasteiger partial charge in [0.25, 0.3) is 0 Å². The number of anilines is 1. The Morgan fingerprint density at radius 2 is 1.83 bits per heavy atom. The van der Waals surface area contributed by atoms with Crippen molar-refractivity contribution in [3.8, 4) is 0 Å². The molecule has 1 aromatic heterocycles. The van der Waals surface area contributed by atoms with E-state index in [0.29, 0.717) is 5.69 Å². The number of hydrogen-bond acceptors (Lipinski definition) is 2. The summed E-state index contributed by atoms with van der Waals surface area (Å²) in [5.41, 5.74) is 2.68. The van der Waals surface area contributed by atoms with Crippen LogP contribution in [0, 0.1) is 5.82 Å². The minimum atomic E-state index is -0.400. The molecule has 0 unspecified atom stereocenters. The smallest absolute Gasteiger partial charge is 0.326 e. The van der Waals surface area contributed by atoms with Crippen LogP contribution >= 0.6 is 0 Å². The summed E-state index contributed by atoms with van der Waals surface area (Å²) in [6, 6.07) is 11.2. The molecule has 0 fully saturated rings. The lowest BCUT2D eigenvalue weighted by atomic mass is 10.1. The maximum absolute atomic E-state index is 13.1. The number of aromatic nitrogens is 2. The highest BCUT2D eigenvalue weighted by Crippen LogP contribution is 2.15. The number of carbonyl (C=O) groups is 1. The molecule has 1 amide bonds. The summed E-state index contributed by atoms with van der Waals surface area (Å²) < 4.78 is 16.2. The zero-order valence-electron chi connectivity index (χ0n) is 12.8. The lowest BCUT2D eigenvalue weighted by Crippen LogP contribution is -2.19. The first-order valence-corrected chi connectivity index (χ1v) is 7.15. The van der Waals surface area contributed by atoms with Gasteiger partial charge in [0.05, 0.1) is 17.5 Å². The molecule has 0 atom stereocenters. The van der Waals surface area contributed by atoms with E-state index in [9.17, 15) is 14.0 Å². The fourth-order valence-corrected chi connectivity index (χ4v) is 2.62. The molecular weight excluding hydrogens is 297 g/mol. The Bertz CT molecular complexity index is 956. The molecule has 1 N–H and O–H groups in total. The van der Waals surface area contributed by atoms with Crippen LogP contribution in [0.1, 0.15) is 5.56 Å². The van der Waals surface area contributed by atoms with Crippen LogP contribution in [0.3, 0.4) is 0 Å². The Kier molecular flexibility index (Phi) is 3.73. The molecule has 0 spiro atoms. The highest BCUT2D eigenvalue weighted by atomic mass is 19.1. The number of imidazole rings is 1. The van der Waals surface area contributed by atoms with E-state index in [1.807, 2.05) is 18.2 Å². The van der Waals surface area contributed by atoms with Gasteiger partial charge in [-0.15, -0.1) is 0 Å². The lowest BCUT2D eigenvalue weighted by Gasteiger charge is -2.06. The minimum absolute atomic E-state index is 0.110. The topological polar surface area (TPSA) is 56.0 Å². The molecule has 0 bridgehead atoms. The average molecular weight is 313 g/mol. The van der Waals surface area contributed by atoms with Gasteiger partial charge in [-0.05, 0) is 35.9 Å². The van der Waals surface area contributed by atoms with Crippen molar-refractivity contribution in [3.05, 3.63) is 64.3 Å². The molecule has 5 nitrogen and oxygen atoms in total. The molecule has 3 aromatic rings. The van der Waals surface area contributed by atoms with Crippen LogP contribution in [-0.4, -0.2) is 15.0 Å². The fraction of sp³-hybridized carbons (Fsp3) is 0.176. The van der Waals surface area contributed by atoms with Crippen LogP contribution in [0.5, 0.6) is 0 Å². The van der Waals surface area contributed by atoms with Crippen molar-refractivity contribution in [2.45, 2.75) is 6.42 Å². The number of carbonyl (C=O) groups excluding carboxylic acids is 1. The number of halogens is 1. The third-order valence-corrected chi connectivity index (χ3v) is 3.81. The van der Waals surface area contributed by atoms with Gasteiger partial charge in [-0.2, -0.15) is 0 Å². The molecule has 1 heterocycles. The molecule has 0 aliphatic rings. The quantitative estimate of drug-likeness (QED) is 0.806. The number of fused-ring (bicyclic) bond motifs is 1. The van der Waals surface area contributed by atoms with Crippen molar-refractivity contribution < 1.29 is 9.18 Å². The molecule has 6 heteroatoms. The Labute approximate surface area is 132 Å². The van der Waals surface area contributed by atoms with Crippen LogP contribution in [0.2, 0.25) is 0 Å². The van der Waals surface area contributed by atoms with Gasteiger partial charge in [0.2, 0.25) is 5.91 Å². The SMILES string of the molecule is Cn1c(=O)n(C)c2cc(CC(=O)Nc3cccc(F)c3)ccc21. The summed E-state index contributed by atoms with van der Waals surface area (Å²) >= 11 is 0. The van der Waals surface area contributed by atoms with E-state index >= 15 is 0 Å². The molecule has 2 aromatic carbocycles. The van der Waals surface area contributed by atoms with Gasteiger partial charge in [-0.3, -0.25) is 13.9 Å². The van der Waals surface area contributed by atoms with Crippen molar-refractivity contribution in [1.82, 2.24) is 9.13 Å². The first-order valence-electron chi connectivity index (χ1n) is 7.15. The monoisotopic (exact) mass is 313 g/mol. The Balaban J connectivity index is 1.82. The minimum Gasteiger partial charge on any atom is -0.326 e. The van der Waals surface area contributed by atoms with Gasteiger partial charge in [-0.1, -0.05) is 12.1 Å². The maximum atomic E-state index is 13.1. The van der Waals surface area contributed by atoms with E-state index in [2.05, 4.69) is 5.32 Å². The van der Waals surface area contributed by atoms with Crippen LogP contribution in [0.4, 0.5) is 10.1 Å². The van der Waals surface area contributed by atoms with E-state index in [1.54, 1.807) is 29.3 Å². The second-order valence-electron chi connectivity index (χ2n) is 5.46. The van der Waals surface area contributed by atoms with E-state index < -0.39 is 5.82 Å². The van der Waals surface area contributed by atoms with Crippen molar-refractivity contribution in [2.24, 2.45) is 14.1 Å². The zero-order valence-corrected chi connectivity index (χ0v) is 12.8. The highest BCUT2D eigenvalue weighted by molar-refractivity contribution is 5.92. The van der Waals surface area contributed by atoms with Crippen LogP contribution in [0.25, 0.3) is 11.0 Å².